The summed E-state index contributed by atoms with van der Waals surface area (Å²) in [6, 6.07) is 5.36. The molecular formula is C11H14ClN3O2. The van der Waals surface area contributed by atoms with E-state index >= 15 is 0 Å². The second kappa shape index (κ2) is 5.25. The highest BCUT2D eigenvalue weighted by Crippen LogP contribution is 2.27. The van der Waals surface area contributed by atoms with E-state index in [-0.39, 0.29) is 5.84 Å². The topological polar surface area (TPSA) is 71.1 Å². The van der Waals surface area contributed by atoms with Gasteiger partial charge in [0.1, 0.15) is 0 Å². The average Bonchev–Trinajstić information content (AvgIpc) is 2.38. The SMILES string of the molecule is NC(=NO)c1ccc(N2CCOCC2)c(Cl)c1. The number of ether oxygens (including phenoxy) is 1. The van der Waals surface area contributed by atoms with Crippen LogP contribution in [-0.4, -0.2) is 37.3 Å². The lowest BCUT2D eigenvalue weighted by molar-refractivity contribution is 0.122. The van der Waals surface area contributed by atoms with Crippen LogP contribution < -0.4 is 10.6 Å². The Balaban J connectivity index is 2.24. The van der Waals surface area contributed by atoms with Gasteiger partial charge in [0.05, 0.1) is 23.9 Å². The van der Waals surface area contributed by atoms with E-state index < -0.39 is 0 Å². The molecule has 1 aromatic rings. The van der Waals surface area contributed by atoms with Gasteiger partial charge < -0.3 is 20.6 Å². The number of nitrogens with two attached hydrogens (primary N) is 1. The van der Waals surface area contributed by atoms with Crippen molar-refractivity contribution in [1.29, 1.82) is 0 Å². The van der Waals surface area contributed by atoms with Gasteiger partial charge >= 0.3 is 0 Å². The Morgan fingerprint density at radius 3 is 2.71 bits per heavy atom. The number of oxime groups is 1. The zero-order valence-electron chi connectivity index (χ0n) is 9.27. The smallest absolute Gasteiger partial charge is 0.170 e. The van der Waals surface area contributed by atoms with Crippen LogP contribution >= 0.6 is 11.6 Å². The molecule has 3 N–H and O–H groups in total. The third kappa shape index (κ3) is 2.62. The van der Waals surface area contributed by atoms with E-state index in [9.17, 15) is 0 Å². The zero-order valence-corrected chi connectivity index (χ0v) is 10.0. The molecule has 1 aromatic carbocycles. The minimum absolute atomic E-state index is 0.0560. The molecule has 1 heterocycles. The highest BCUT2D eigenvalue weighted by atomic mass is 35.5. The van der Waals surface area contributed by atoms with Crippen LogP contribution in [0.2, 0.25) is 5.02 Å². The summed E-state index contributed by atoms with van der Waals surface area (Å²) >= 11 is 6.19. The molecule has 0 spiro atoms. The van der Waals surface area contributed by atoms with Crippen LogP contribution in [0.3, 0.4) is 0 Å². The van der Waals surface area contributed by atoms with Crippen LogP contribution in [0.15, 0.2) is 23.4 Å². The Labute approximate surface area is 104 Å². The van der Waals surface area contributed by atoms with Crippen molar-refractivity contribution in [1.82, 2.24) is 0 Å². The lowest BCUT2D eigenvalue weighted by Crippen LogP contribution is -2.36. The third-order valence-corrected chi connectivity index (χ3v) is 3.01. The van der Waals surface area contributed by atoms with Crippen LogP contribution in [0, 0.1) is 0 Å². The standard InChI is InChI=1S/C11H14ClN3O2/c12-9-7-8(11(13)14-16)1-2-10(9)15-3-5-17-6-4-15/h1-2,7,16H,3-6H2,(H2,13,14). The van der Waals surface area contributed by atoms with Crippen LogP contribution in [0.1, 0.15) is 5.56 Å². The van der Waals surface area contributed by atoms with Gasteiger partial charge in [-0.3, -0.25) is 0 Å². The second-order valence-corrected chi connectivity index (χ2v) is 4.16. The van der Waals surface area contributed by atoms with Gasteiger partial charge in [-0.05, 0) is 18.2 Å². The van der Waals surface area contributed by atoms with Crippen LogP contribution in [0.5, 0.6) is 0 Å². The predicted molar refractivity (Wildman–Crippen MR) is 67.0 cm³/mol. The second-order valence-electron chi connectivity index (χ2n) is 3.75. The molecular weight excluding hydrogens is 242 g/mol. The van der Waals surface area contributed by atoms with Crippen LogP contribution in [0.25, 0.3) is 0 Å². The Bertz CT molecular complexity index is 431. The van der Waals surface area contributed by atoms with E-state index in [1.807, 2.05) is 6.07 Å². The first-order valence-corrected chi connectivity index (χ1v) is 5.70. The number of nitrogens with zero attached hydrogens (tertiary/aromatic N) is 2. The molecule has 0 bridgehead atoms. The van der Waals surface area contributed by atoms with Crippen molar-refractivity contribution in [3.05, 3.63) is 28.8 Å². The van der Waals surface area contributed by atoms with E-state index in [0.29, 0.717) is 23.8 Å². The van der Waals surface area contributed by atoms with Gasteiger partial charge in [0, 0.05) is 18.7 Å². The molecule has 1 aliphatic rings. The summed E-state index contributed by atoms with van der Waals surface area (Å²) in [7, 11) is 0. The third-order valence-electron chi connectivity index (χ3n) is 2.70. The number of anilines is 1. The van der Waals surface area contributed by atoms with Crippen molar-refractivity contribution in [2.24, 2.45) is 10.9 Å². The van der Waals surface area contributed by atoms with Gasteiger partial charge in [0.15, 0.2) is 5.84 Å². The van der Waals surface area contributed by atoms with Gasteiger partial charge in [-0.1, -0.05) is 16.8 Å². The quantitative estimate of drug-likeness (QED) is 0.361. The first-order valence-electron chi connectivity index (χ1n) is 5.32. The van der Waals surface area contributed by atoms with Gasteiger partial charge in [0.25, 0.3) is 0 Å². The number of rotatable bonds is 2. The fourth-order valence-electron chi connectivity index (χ4n) is 1.78. The summed E-state index contributed by atoms with van der Waals surface area (Å²) in [6.45, 7) is 3.06. The van der Waals surface area contributed by atoms with Gasteiger partial charge in [0.2, 0.25) is 0 Å². The number of hydrogen-bond donors (Lipinski definition) is 2. The Hall–Kier alpha value is -1.46. The van der Waals surface area contributed by atoms with Crippen molar-refractivity contribution in [3.8, 4) is 0 Å². The molecule has 0 atom stereocenters. The summed E-state index contributed by atoms with van der Waals surface area (Å²) in [5.74, 6) is 0.0560. The Morgan fingerprint density at radius 1 is 1.41 bits per heavy atom. The molecule has 1 fully saturated rings. The number of amidine groups is 1. The summed E-state index contributed by atoms with van der Waals surface area (Å²) in [5.41, 5.74) is 7.05. The van der Waals surface area contributed by atoms with Crippen molar-refractivity contribution >= 4 is 23.1 Å². The van der Waals surface area contributed by atoms with Crippen molar-refractivity contribution in [2.75, 3.05) is 31.2 Å². The largest absolute Gasteiger partial charge is 0.409 e. The summed E-state index contributed by atoms with van der Waals surface area (Å²) in [6.07, 6.45) is 0. The lowest BCUT2D eigenvalue weighted by atomic mass is 10.1. The summed E-state index contributed by atoms with van der Waals surface area (Å²) in [4.78, 5) is 2.15. The molecule has 0 aliphatic carbocycles. The monoisotopic (exact) mass is 255 g/mol. The highest BCUT2D eigenvalue weighted by Gasteiger charge is 2.14. The van der Waals surface area contributed by atoms with Crippen molar-refractivity contribution in [2.45, 2.75) is 0 Å². The van der Waals surface area contributed by atoms with E-state index in [2.05, 4.69) is 10.1 Å². The maximum absolute atomic E-state index is 8.59. The molecule has 2 rings (SSSR count). The maximum atomic E-state index is 8.59. The fraction of sp³-hybridized carbons (Fsp3) is 0.364. The molecule has 0 saturated carbocycles. The molecule has 1 aliphatic heterocycles. The molecule has 17 heavy (non-hydrogen) atoms. The molecule has 0 radical (unpaired) electrons. The number of halogens is 1. The Kier molecular flexibility index (Phi) is 3.71. The van der Waals surface area contributed by atoms with Crippen molar-refractivity contribution < 1.29 is 9.94 Å². The average molecular weight is 256 g/mol. The fourth-order valence-corrected chi connectivity index (χ4v) is 2.08. The first-order chi connectivity index (χ1) is 8.22. The molecule has 0 aromatic heterocycles. The molecule has 6 heteroatoms. The lowest BCUT2D eigenvalue weighted by Gasteiger charge is -2.29. The molecule has 0 unspecified atom stereocenters. The molecule has 92 valence electrons. The van der Waals surface area contributed by atoms with E-state index in [0.717, 1.165) is 18.8 Å². The normalized spacial score (nSPS) is 17.2. The van der Waals surface area contributed by atoms with Gasteiger partial charge in [-0.2, -0.15) is 0 Å². The minimum atomic E-state index is 0.0560. The first kappa shape index (κ1) is 12.0. The van der Waals surface area contributed by atoms with Crippen molar-refractivity contribution in [3.63, 3.8) is 0 Å². The van der Waals surface area contributed by atoms with E-state index in [1.54, 1.807) is 12.1 Å². The number of benzene rings is 1. The highest BCUT2D eigenvalue weighted by molar-refractivity contribution is 6.33. The van der Waals surface area contributed by atoms with Gasteiger partial charge in [-0.15, -0.1) is 0 Å². The molecule has 5 nitrogen and oxygen atoms in total. The predicted octanol–water partition coefficient (Wildman–Crippen LogP) is 1.27. The van der Waals surface area contributed by atoms with Crippen LogP contribution in [-0.2, 0) is 4.74 Å². The van der Waals surface area contributed by atoms with Crippen LogP contribution in [0.4, 0.5) is 5.69 Å². The maximum Gasteiger partial charge on any atom is 0.170 e. The summed E-state index contributed by atoms with van der Waals surface area (Å²) < 4.78 is 5.28. The summed E-state index contributed by atoms with van der Waals surface area (Å²) in [5, 5.41) is 12.1. The Morgan fingerprint density at radius 2 is 2.12 bits per heavy atom. The minimum Gasteiger partial charge on any atom is -0.409 e. The van der Waals surface area contributed by atoms with E-state index in [1.165, 1.54) is 0 Å². The van der Waals surface area contributed by atoms with E-state index in [4.69, 9.17) is 27.3 Å². The number of hydrogen-bond acceptors (Lipinski definition) is 4. The van der Waals surface area contributed by atoms with Gasteiger partial charge in [-0.25, -0.2) is 0 Å². The molecule has 1 saturated heterocycles. The zero-order chi connectivity index (χ0) is 12.3. The number of morpholine rings is 1. The molecule has 0 amide bonds.